The third-order valence-electron chi connectivity index (χ3n) is 5.93. The van der Waals surface area contributed by atoms with E-state index in [1.165, 1.54) is 14.2 Å². The van der Waals surface area contributed by atoms with Crippen LogP contribution in [0.1, 0.15) is 21.5 Å². The topological polar surface area (TPSA) is 66.8 Å². The van der Waals surface area contributed by atoms with Crippen molar-refractivity contribution in [3.63, 3.8) is 0 Å². The molecule has 1 aromatic heterocycles. The number of ether oxygens (including phenoxy) is 3. The van der Waals surface area contributed by atoms with Crippen LogP contribution in [-0.4, -0.2) is 31.7 Å². The second-order valence-electron chi connectivity index (χ2n) is 7.56. The molecule has 1 aliphatic carbocycles. The molecule has 3 aromatic carbocycles. The third-order valence-corrected chi connectivity index (χ3v) is 5.93. The van der Waals surface area contributed by atoms with Crippen LogP contribution in [0.2, 0.25) is 0 Å². The summed E-state index contributed by atoms with van der Waals surface area (Å²) in [5.74, 6) is 1.40. The van der Waals surface area contributed by atoms with Crippen molar-refractivity contribution in [2.24, 2.45) is 0 Å². The molecular weight excluding hydrogens is 406 g/mol. The van der Waals surface area contributed by atoms with Crippen molar-refractivity contribution in [2.45, 2.75) is 6.54 Å². The first-order chi connectivity index (χ1) is 15.6. The van der Waals surface area contributed by atoms with Gasteiger partial charge >= 0.3 is 0 Å². The summed E-state index contributed by atoms with van der Waals surface area (Å²) in [5, 5.41) is 0.898. The van der Waals surface area contributed by atoms with Crippen molar-refractivity contribution >= 4 is 16.6 Å². The Morgan fingerprint density at radius 1 is 0.781 bits per heavy atom. The minimum Gasteiger partial charge on any atom is -0.497 e. The van der Waals surface area contributed by atoms with Crippen LogP contribution < -0.4 is 19.8 Å². The number of ketones is 1. The fourth-order valence-electron chi connectivity index (χ4n) is 4.44. The van der Waals surface area contributed by atoms with Gasteiger partial charge in [-0.2, -0.15) is 0 Å². The van der Waals surface area contributed by atoms with Crippen molar-refractivity contribution in [1.29, 1.82) is 0 Å². The van der Waals surface area contributed by atoms with Crippen LogP contribution in [0.15, 0.2) is 65.5 Å². The monoisotopic (exact) mass is 427 g/mol. The smallest absolute Gasteiger partial charge is 0.263 e. The first kappa shape index (κ1) is 19.9. The molecule has 0 aliphatic heterocycles. The fourth-order valence-corrected chi connectivity index (χ4v) is 4.44. The first-order valence-electron chi connectivity index (χ1n) is 10.2. The summed E-state index contributed by atoms with van der Waals surface area (Å²) in [7, 11) is 4.63. The van der Waals surface area contributed by atoms with Crippen molar-refractivity contribution in [3.05, 3.63) is 87.7 Å². The maximum atomic E-state index is 13.9. The van der Waals surface area contributed by atoms with Crippen LogP contribution in [0.25, 0.3) is 22.0 Å². The number of hydrogen-bond donors (Lipinski definition) is 0. The minimum atomic E-state index is -0.241. The van der Waals surface area contributed by atoms with Crippen molar-refractivity contribution in [1.82, 2.24) is 4.57 Å². The molecule has 0 amide bonds. The Hall–Kier alpha value is -4.06. The predicted molar refractivity (Wildman–Crippen MR) is 122 cm³/mol. The molecule has 1 aliphatic rings. The molecule has 0 fully saturated rings. The van der Waals surface area contributed by atoms with E-state index in [0.29, 0.717) is 45.6 Å². The Kier molecular flexibility index (Phi) is 4.70. The highest BCUT2D eigenvalue weighted by Crippen LogP contribution is 2.43. The number of pyridine rings is 1. The van der Waals surface area contributed by atoms with Gasteiger partial charge in [0.05, 0.1) is 44.5 Å². The van der Waals surface area contributed by atoms with Crippen LogP contribution in [0.5, 0.6) is 17.2 Å². The Labute approximate surface area is 184 Å². The summed E-state index contributed by atoms with van der Waals surface area (Å²) in [4.78, 5) is 27.3. The van der Waals surface area contributed by atoms with E-state index in [-0.39, 0.29) is 11.3 Å². The Morgan fingerprint density at radius 2 is 1.50 bits per heavy atom. The quantitative estimate of drug-likeness (QED) is 0.419. The molecule has 0 bridgehead atoms. The molecule has 6 heteroatoms. The predicted octanol–water partition coefficient (Wildman–Crippen LogP) is 4.29. The molecule has 0 atom stereocenters. The van der Waals surface area contributed by atoms with E-state index in [1.54, 1.807) is 29.9 Å². The SMILES string of the molecule is COc1ccc(Cn2c3c(c4ccc(OC)c(OC)c4c2=O)C(=O)c2ccccc2-3)cc1. The number of hydrogen-bond acceptors (Lipinski definition) is 5. The summed E-state index contributed by atoms with van der Waals surface area (Å²) in [5.41, 5.74) is 3.16. The van der Waals surface area contributed by atoms with Gasteiger partial charge in [-0.3, -0.25) is 9.59 Å². The highest BCUT2D eigenvalue weighted by atomic mass is 16.5. The summed E-state index contributed by atoms with van der Waals surface area (Å²) in [6, 6.07) is 18.4. The molecular formula is C26H21NO5. The molecule has 4 aromatic rings. The van der Waals surface area contributed by atoms with E-state index in [1.807, 2.05) is 42.5 Å². The Bertz CT molecular complexity index is 1430. The molecule has 0 radical (unpaired) electrons. The Balaban J connectivity index is 1.87. The van der Waals surface area contributed by atoms with E-state index in [9.17, 15) is 9.59 Å². The van der Waals surface area contributed by atoms with Gasteiger partial charge in [-0.25, -0.2) is 0 Å². The molecule has 1 heterocycles. The van der Waals surface area contributed by atoms with E-state index >= 15 is 0 Å². The average Bonchev–Trinajstić information content (AvgIpc) is 3.13. The normalized spacial score (nSPS) is 11.9. The largest absolute Gasteiger partial charge is 0.497 e. The van der Waals surface area contributed by atoms with Crippen LogP contribution in [0, 0.1) is 0 Å². The first-order valence-corrected chi connectivity index (χ1v) is 10.2. The van der Waals surface area contributed by atoms with Crippen LogP contribution in [0.4, 0.5) is 0 Å². The molecule has 0 saturated heterocycles. The lowest BCUT2D eigenvalue weighted by Crippen LogP contribution is -2.24. The zero-order chi connectivity index (χ0) is 22.4. The second kappa shape index (κ2) is 7.57. The maximum absolute atomic E-state index is 13.9. The van der Waals surface area contributed by atoms with E-state index in [4.69, 9.17) is 14.2 Å². The lowest BCUT2D eigenvalue weighted by molar-refractivity contribution is 0.104. The molecule has 0 spiro atoms. The van der Waals surface area contributed by atoms with Crippen molar-refractivity contribution < 1.29 is 19.0 Å². The highest BCUT2D eigenvalue weighted by molar-refractivity contribution is 6.27. The van der Waals surface area contributed by atoms with Gasteiger partial charge in [0.15, 0.2) is 17.3 Å². The third kappa shape index (κ3) is 2.80. The van der Waals surface area contributed by atoms with Crippen molar-refractivity contribution in [2.75, 3.05) is 21.3 Å². The number of aromatic nitrogens is 1. The molecule has 0 unspecified atom stereocenters. The number of fused-ring (bicyclic) bond motifs is 5. The minimum absolute atomic E-state index is 0.101. The Morgan fingerprint density at radius 3 is 2.16 bits per heavy atom. The standard InChI is InChI=1S/C26H21NO5/c1-30-16-10-8-15(9-11-16)14-27-23-17-6-4-5-7-18(17)24(28)21(23)19-12-13-20(31-2)25(32-3)22(19)26(27)29/h4-13H,14H2,1-3H3. The van der Waals surface area contributed by atoms with Gasteiger partial charge in [0.2, 0.25) is 0 Å². The maximum Gasteiger partial charge on any atom is 0.263 e. The van der Waals surface area contributed by atoms with Crippen molar-refractivity contribution in [3.8, 4) is 28.5 Å². The van der Waals surface area contributed by atoms with Gasteiger partial charge in [-0.15, -0.1) is 0 Å². The number of carbonyl (C=O) groups is 1. The zero-order valence-electron chi connectivity index (χ0n) is 18.0. The number of carbonyl (C=O) groups excluding carboxylic acids is 1. The molecule has 160 valence electrons. The number of nitrogens with zero attached hydrogens (tertiary/aromatic N) is 1. The fraction of sp³-hybridized carbons (Fsp3) is 0.154. The van der Waals surface area contributed by atoms with E-state index in [0.717, 1.165) is 16.9 Å². The van der Waals surface area contributed by atoms with Crippen LogP contribution in [0.3, 0.4) is 0 Å². The zero-order valence-corrected chi connectivity index (χ0v) is 18.0. The van der Waals surface area contributed by atoms with Crippen LogP contribution >= 0.6 is 0 Å². The van der Waals surface area contributed by atoms with E-state index in [2.05, 4.69) is 0 Å². The van der Waals surface area contributed by atoms with Gasteiger partial charge in [-0.05, 0) is 29.8 Å². The van der Waals surface area contributed by atoms with Gasteiger partial charge in [0.1, 0.15) is 5.75 Å². The molecule has 0 saturated carbocycles. The number of methoxy groups -OCH3 is 3. The second-order valence-corrected chi connectivity index (χ2v) is 7.56. The molecule has 5 rings (SSSR count). The molecule has 0 N–H and O–H groups in total. The summed E-state index contributed by atoms with van der Waals surface area (Å²) < 4.78 is 17.9. The van der Waals surface area contributed by atoms with Crippen LogP contribution in [-0.2, 0) is 6.54 Å². The highest BCUT2D eigenvalue weighted by Gasteiger charge is 2.33. The number of rotatable bonds is 5. The van der Waals surface area contributed by atoms with Gasteiger partial charge in [0, 0.05) is 16.5 Å². The molecule has 32 heavy (non-hydrogen) atoms. The summed E-state index contributed by atoms with van der Waals surface area (Å²) >= 11 is 0. The van der Waals surface area contributed by atoms with Gasteiger partial charge in [0.25, 0.3) is 5.56 Å². The summed E-state index contributed by atoms with van der Waals surface area (Å²) in [6.45, 7) is 0.295. The van der Waals surface area contributed by atoms with E-state index < -0.39 is 0 Å². The lowest BCUT2D eigenvalue weighted by atomic mass is 10.0. The van der Waals surface area contributed by atoms with Gasteiger partial charge in [-0.1, -0.05) is 36.4 Å². The molecule has 6 nitrogen and oxygen atoms in total. The summed E-state index contributed by atoms with van der Waals surface area (Å²) in [6.07, 6.45) is 0. The average molecular weight is 427 g/mol. The number of benzene rings is 3. The van der Waals surface area contributed by atoms with Gasteiger partial charge < -0.3 is 18.8 Å². The lowest BCUT2D eigenvalue weighted by Gasteiger charge is -2.18.